The zero-order valence-corrected chi connectivity index (χ0v) is 9.70. The molecule has 4 heteroatoms. The number of rotatable bonds is 6. The lowest BCUT2D eigenvalue weighted by Crippen LogP contribution is -2.17. The Kier molecular flexibility index (Phi) is 3.29. The molecule has 1 saturated carbocycles. The van der Waals surface area contributed by atoms with Crippen molar-refractivity contribution in [1.29, 1.82) is 0 Å². The van der Waals surface area contributed by atoms with E-state index in [4.69, 9.17) is 10.5 Å². The number of hydrogen-bond acceptors (Lipinski definition) is 4. The Morgan fingerprint density at radius 1 is 1.56 bits per heavy atom. The molecule has 1 aliphatic rings. The van der Waals surface area contributed by atoms with Crippen molar-refractivity contribution in [2.45, 2.75) is 19.3 Å². The minimum Gasteiger partial charge on any atom is -0.385 e. The third kappa shape index (κ3) is 2.85. The Bertz CT molecular complexity index is 350. The van der Waals surface area contributed by atoms with E-state index < -0.39 is 0 Å². The van der Waals surface area contributed by atoms with Crippen molar-refractivity contribution in [2.75, 3.05) is 31.3 Å². The predicted molar refractivity (Wildman–Crippen MR) is 65.3 cm³/mol. The molecular weight excluding hydrogens is 202 g/mol. The standard InChI is InChI=1S/C12H19N3O/c1-16-7-5-12(3-4-12)9-15-10-2-6-14-11(13)8-10/h2,6,8H,3-5,7,9H2,1H3,(H3,13,14,15). The van der Waals surface area contributed by atoms with Gasteiger partial charge in [-0.25, -0.2) is 4.98 Å². The van der Waals surface area contributed by atoms with Crippen LogP contribution in [-0.4, -0.2) is 25.2 Å². The molecule has 0 aliphatic heterocycles. The summed E-state index contributed by atoms with van der Waals surface area (Å²) < 4.78 is 5.13. The van der Waals surface area contributed by atoms with E-state index in [1.807, 2.05) is 12.1 Å². The summed E-state index contributed by atoms with van der Waals surface area (Å²) in [5.41, 5.74) is 7.13. The van der Waals surface area contributed by atoms with Crippen LogP contribution in [0.5, 0.6) is 0 Å². The van der Waals surface area contributed by atoms with Crippen LogP contribution in [0.4, 0.5) is 11.5 Å². The van der Waals surface area contributed by atoms with Crippen LogP contribution >= 0.6 is 0 Å². The van der Waals surface area contributed by atoms with Gasteiger partial charge in [-0.3, -0.25) is 0 Å². The lowest BCUT2D eigenvalue weighted by molar-refractivity contribution is 0.175. The van der Waals surface area contributed by atoms with Crippen molar-refractivity contribution < 1.29 is 4.74 Å². The predicted octanol–water partition coefficient (Wildman–Crippen LogP) is 1.89. The van der Waals surface area contributed by atoms with Crippen LogP contribution in [0.25, 0.3) is 0 Å². The molecule has 0 aromatic carbocycles. The third-order valence-electron chi connectivity index (χ3n) is 3.24. The van der Waals surface area contributed by atoms with Gasteiger partial charge >= 0.3 is 0 Å². The van der Waals surface area contributed by atoms with Crippen molar-refractivity contribution in [3.8, 4) is 0 Å². The normalized spacial score (nSPS) is 17.1. The number of nitrogens with one attached hydrogen (secondary N) is 1. The first-order valence-corrected chi connectivity index (χ1v) is 5.68. The van der Waals surface area contributed by atoms with Crippen LogP contribution in [0.2, 0.25) is 0 Å². The average Bonchev–Trinajstić information content (AvgIpc) is 3.05. The number of ether oxygens (including phenoxy) is 1. The second-order valence-corrected chi connectivity index (χ2v) is 4.57. The van der Waals surface area contributed by atoms with Crippen molar-refractivity contribution in [3.05, 3.63) is 18.3 Å². The Labute approximate surface area is 96.2 Å². The second-order valence-electron chi connectivity index (χ2n) is 4.57. The molecule has 2 rings (SSSR count). The molecular formula is C12H19N3O. The Morgan fingerprint density at radius 2 is 2.38 bits per heavy atom. The maximum atomic E-state index is 5.62. The van der Waals surface area contributed by atoms with Gasteiger partial charge in [0.2, 0.25) is 0 Å². The summed E-state index contributed by atoms with van der Waals surface area (Å²) in [6, 6.07) is 3.81. The third-order valence-corrected chi connectivity index (χ3v) is 3.24. The van der Waals surface area contributed by atoms with E-state index in [9.17, 15) is 0 Å². The number of anilines is 2. The first kappa shape index (κ1) is 11.2. The Balaban J connectivity index is 1.83. The summed E-state index contributed by atoms with van der Waals surface area (Å²) in [6.45, 7) is 1.85. The van der Waals surface area contributed by atoms with Gasteiger partial charge in [0, 0.05) is 38.2 Å². The minimum absolute atomic E-state index is 0.452. The summed E-state index contributed by atoms with van der Waals surface area (Å²) in [6.07, 6.45) is 5.46. The van der Waals surface area contributed by atoms with Crippen molar-refractivity contribution >= 4 is 11.5 Å². The van der Waals surface area contributed by atoms with E-state index >= 15 is 0 Å². The van der Waals surface area contributed by atoms with Crippen LogP contribution in [0, 0.1) is 5.41 Å². The fourth-order valence-electron chi connectivity index (χ4n) is 1.86. The SMILES string of the molecule is COCCC1(CNc2ccnc(N)c2)CC1. The number of pyridine rings is 1. The smallest absolute Gasteiger partial charge is 0.125 e. The second kappa shape index (κ2) is 4.70. The fourth-order valence-corrected chi connectivity index (χ4v) is 1.86. The first-order valence-electron chi connectivity index (χ1n) is 5.68. The molecule has 88 valence electrons. The zero-order valence-electron chi connectivity index (χ0n) is 9.70. The summed E-state index contributed by atoms with van der Waals surface area (Å²) >= 11 is 0. The van der Waals surface area contributed by atoms with Crippen molar-refractivity contribution in [2.24, 2.45) is 5.41 Å². The highest BCUT2D eigenvalue weighted by Gasteiger charge is 2.41. The highest BCUT2D eigenvalue weighted by atomic mass is 16.5. The van der Waals surface area contributed by atoms with Gasteiger partial charge in [0.25, 0.3) is 0 Å². The van der Waals surface area contributed by atoms with E-state index in [1.54, 1.807) is 13.3 Å². The lowest BCUT2D eigenvalue weighted by atomic mass is 10.0. The number of nitrogens with two attached hydrogens (primary N) is 1. The highest BCUT2D eigenvalue weighted by Crippen LogP contribution is 2.48. The molecule has 3 N–H and O–H groups in total. The van der Waals surface area contributed by atoms with E-state index in [-0.39, 0.29) is 0 Å². The fraction of sp³-hybridized carbons (Fsp3) is 0.583. The molecule has 16 heavy (non-hydrogen) atoms. The number of nitrogen functional groups attached to an aromatic ring is 1. The van der Waals surface area contributed by atoms with Gasteiger partial charge in [-0.05, 0) is 30.7 Å². The van der Waals surface area contributed by atoms with Crippen LogP contribution in [0.3, 0.4) is 0 Å². The van der Waals surface area contributed by atoms with E-state index in [0.717, 1.165) is 25.3 Å². The Hall–Kier alpha value is -1.29. The van der Waals surface area contributed by atoms with Crippen LogP contribution in [0.15, 0.2) is 18.3 Å². The van der Waals surface area contributed by atoms with Crippen LogP contribution in [0.1, 0.15) is 19.3 Å². The maximum Gasteiger partial charge on any atom is 0.125 e. The number of aromatic nitrogens is 1. The largest absolute Gasteiger partial charge is 0.385 e. The van der Waals surface area contributed by atoms with Crippen molar-refractivity contribution in [1.82, 2.24) is 4.98 Å². The van der Waals surface area contributed by atoms with Crippen LogP contribution < -0.4 is 11.1 Å². The Morgan fingerprint density at radius 3 is 3.00 bits per heavy atom. The summed E-state index contributed by atoms with van der Waals surface area (Å²) in [4.78, 5) is 3.97. The van der Waals surface area contributed by atoms with E-state index in [2.05, 4.69) is 10.3 Å². The topological polar surface area (TPSA) is 60.2 Å². The van der Waals surface area contributed by atoms with Crippen molar-refractivity contribution in [3.63, 3.8) is 0 Å². The maximum absolute atomic E-state index is 5.62. The van der Waals surface area contributed by atoms with E-state index in [1.165, 1.54) is 12.8 Å². The average molecular weight is 221 g/mol. The molecule has 0 bridgehead atoms. The van der Waals surface area contributed by atoms with Gasteiger partial charge in [0.05, 0.1) is 0 Å². The van der Waals surface area contributed by atoms with Gasteiger partial charge in [-0.2, -0.15) is 0 Å². The molecule has 0 atom stereocenters. The summed E-state index contributed by atoms with van der Waals surface area (Å²) in [7, 11) is 1.76. The number of methoxy groups -OCH3 is 1. The van der Waals surface area contributed by atoms with Gasteiger partial charge in [0.1, 0.15) is 5.82 Å². The highest BCUT2D eigenvalue weighted by molar-refractivity contribution is 5.49. The van der Waals surface area contributed by atoms with E-state index in [0.29, 0.717) is 11.2 Å². The van der Waals surface area contributed by atoms with Gasteiger partial charge in [0.15, 0.2) is 0 Å². The monoisotopic (exact) mass is 221 g/mol. The minimum atomic E-state index is 0.452. The molecule has 4 nitrogen and oxygen atoms in total. The number of nitrogens with zero attached hydrogens (tertiary/aromatic N) is 1. The molecule has 1 aromatic heterocycles. The summed E-state index contributed by atoms with van der Waals surface area (Å²) in [5.74, 6) is 0.562. The van der Waals surface area contributed by atoms with Gasteiger partial charge in [-0.15, -0.1) is 0 Å². The molecule has 1 heterocycles. The molecule has 0 saturated heterocycles. The molecule has 1 aliphatic carbocycles. The molecule has 1 aromatic rings. The lowest BCUT2D eigenvalue weighted by Gasteiger charge is -2.16. The first-order chi connectivity index (χ1) is 7.74. The summed E-state index contributed by atoms with van der Waals surface area (Å²) in [5, 5.41) is 3.42. The molecule has 0 radical (unpaired) electrons. The molecule has 1 fully saturated rings. The zero-order chi connectivity index (χ0) is 11.4. The van der Waals surface area contributed by atoms with Gasteiger partial charge < -0.3 is 15.8 Å². The molecule has 0 unspecified atom stereocenters. The van der Waals surface area contributed by atoms with Crippen LogP contribution in [-0.2, 0) is 4.74 Å². The molecule has 0 amide bonds. The number of hydrogen-bond donors (Lipinski definition) is 2. The quantitative estimate of drug-likeness (QED) is 0.770. The van der Waals surface area contributed by atoms with Gasteiger partial charge in [-0.1, -0.05) is 0 Å². The molecule has 0 spiro atoms.